The number of carbonyl (C=O) groups is 1. The van der Waals surface area contributed by atoms with E-state index in [1.807, 2.05) is 74.7 Å². The lowest BCUT2D eigenvalue weighted by Crippen LogP contribution is -2.46. The van der Waals surface area contributed by atoms with Gasteiger partial charge in [-0.1, -0.05) is 59.3 Å². The van der Waals surface area contributed by atoms with Gasteiger partial charge in [-0.3, -0.25) is 4.90 Å². The minimum absolute atomic E-state index is 0.198. The molecule has 5 rings (SSSR count). The van der Waals surface area contributed by atoms with Crippen LogP contribution in [0.3, 0.4) is 0 Å². The Balaban J connectivity index is 1.66. The quantitative estimate of drug-likeness (QED) is 0.299. The summed E-state index contributed by atoms with van der Waals surface area (Å²) in [7, 11) is 0. The summed E-state index contributed by atoms with van der Waals surface area (Å²) >= 11 is 1.63. The van der Waals surface area contributed by atoms with Gasteiger partial charge in [0, 0.05) is 16.2 Å². The smallest absolute Gasteiger partial charge is 0.326 e. The van der Waals surface area contributed by atoms with Crippen molar-refractivity contribution in [1.82, 2.24) is 15.5 Å². The lowest BCUT2D eigenvalue weighted by atomic mass is 9.92. The van der Waals surface area contributed by atoms with Crippen molar-refractivity contribution in [3.63, 3.8) is 0 Å². The fourth-order valence-corrected chi connectivity index (χ4v) is 4.88. The van der Waals surface area contributed by atoms with E-state index in [0.29, 0.717) is 11.7 Å². The molecular weight excluding hydrogens is 468 g/mol. The van der Waals surface area contributed by atoms with Crippen molar-refractivity contribution < 1.29 is 9.32 Å². The number of aryl methyl sites for hydroxylation is 3. The predicted molar refractivity (Wildman–Crippen MR) is 145 cm³/mol. The first-order valence-electron chi connectivity index (χ1n) is 11.8. The third-order valence-corrected chi connectivity index (χ3v) is 7.35. The summed E-state index contributed by atoms with van der Waals surface area (Å²) in [5.41, 5.74) is 7.66. The van der Waals surface area contributed by atoms with Gasteiger partial charge in [0.25, 0.3) is 5.89 Å². The van der Waals surface area contributed by atoms with E-state index in [1.165, 1.54) is 5.56 Å². The van der Waals surface area contributed by atoms with Crippen LogP contribution in [0.25, 0.3) is 17.0 Å². The Morgan fingerprint density at radius 1 is 0.944 bits per heavy atom. The van der Waals surface area contributed by atoms with E-state index < -0.39 is 6.04 Å². The number of aromatic nitrogens is 2. The molecule has 36 heavy (non-hydrogen) atoms. The molecule has 7 heteroatoms. The third kappa shape index (κ3) is 4.42. The van der Waals surface area contributed by atoms with Gasteiger partial charge in [-0.25, -0.2) is 4.79 Å². The molecule has 6 nitrogen and oxygen atoms in total. The summed E-state index contributed by atoms with van der Waals surface area (Å²) in [6, 6.07) is 21.5. The first-order valence-corrected chi connectivity index (χ1v) is 13.0. The fourth-order valence-electron chi connectivity index (χ4n) is 4.43. The van der Waals surface area contributed by atoms with Gasteiger partial charge in [0.05, 0.1) is 17.3 Å². The molecule has 0 fully saturated rings. The maximum Gasteiger partial charge on any atom is 0.326 e. The molecule has 0 radical (unpaired) electrons. The van der Waals surface area contributed by atoms with Crippen molar-refractivity contribution in [2.24, 2.45) is 0 Å². The van der Waals surface area contributed by atoms with Gasteiger partial charge in [-0.05, 0) is 68.8 Å². The summed E-state index contributed by atoms with van der Waals surface area (Å²) < 4.78 is 5.83. The first kappa shape index (κ1) is 23.9. The summed E-state index contributed by atoms with van der Waals surface area (Å²) in [5, 5.41) is 7.47. The number of carbonyl (C=O) groups excluding carboxylic acids is 1. The molecule has 1 aromatic heterocycles. The number of nitrogens with zero attached hydrogens (tertiary/aromatic N) is 3. The minimum atomic E-state index is -0.428. The highest BCUT2D eigenvalue weighted by Gasteiger charge is 2.36. The monoisotopic (exact) mass is 496 g/mol. The number of benzene rings is 3. The van der Waals surface area contributed by atoms with Crippen molar-refractivity contribution in [1.29, 1.82) is 0 Å². The van der Waals surface area contributed by atoms with E-state index in [0.717, 1.165) is 44.1 Å². The molecular formula is C29H28N4O2S. The zero-order chi connectivity index (χ0) is 25.4. The fraction of sp³-hybridized carbons (Fsp3) is 0.207. The number of nitrogens with one attached hydrogen (secondary N) is 1. The lowest BCUT2D eigenvalue weighted by molar-refractivity contribution is 0.244. The van der Waals surface area contributed by atoms with Gasteiger partial charge in [0.1, 0.15) is 0 Å². The van der Waals surface area contributed by atoms with Crippen LogP contribution in [0.1, 0.15) is 41.1 Å². The van der Waals surface area contributed by atoms with Crippen LogP contribution in [-0.4, -0.2) is 22.4 Å². The zero-order valence-corrected chi connectivity index (χ0v) is 21.8. The lowest BCUT2D eigenvalue weighted by Gasteiger charge is -2.35. The van der Waals surface area contributed by atoms with Crippen LogP contribution in [0.4, 0.5) is 10.5 Å². The van der Waals surface area contributed by atoms with Gasteiger partial charge in [0.2, 0.25) is 5.82 Å². The molecule has 1 aliphatic rings. The van der Waals surface area contributed by atoms with E-state index in [4.69, 9.17) is 9.51 Å². The normalized spacial score (nSPS) is 15.9. The van der Waals surface area contributed by atoms with Crippen molar-refractivity contribution in [2.45, 2.75) is 38.6 Å². The van der Waals surface area contributed by atoms with E-state index in [1.54, 1.807) is 16.7 Å². The van der Waals surface area contributed by atoms with E-state index >= 15 is 0 Å². The molecule has 1 unspecified atom stereocenters. The summed E-state index contributed by atoms with van der Waals surface area (Å²) in [5.74, 6) is 0.897. The molecule has 0 saturated heterocycles. The van der Waals surface area contributed by atoms with Crippen LogP contribution in [-0.2, 0) is 0 Å². The van der Waals surface area contributed by atoms with E-state index in [-0.39, 0.29) is 6.03 Å². The summed E-state index contributed by atoms with van der Waals surface area (Å²) in [4.78, 5) is 21.0. The van der Waals surface area contributed by atoms with Crippen molar-refractivity contribution in [3.05, 3.63) is 101 Å². The number of thioether (sulfide) groups is 1. The van der Waals surface area contributed by atoms with Crippen LogP contribution in [0.15, 0.2) is 81.8 Å². The van der Waals surface area contributed by atoms with Crippen molar-refractivity contribution in [3.8, 4) is 11.4 Å². The molecule has 1 N–H and O–H groups in total. The van der Waals surface area contributed by atoms with Crippen molar-refractivity contribution >= 4 is 29.1 Å². The van der Waals surface area contributed by atoms with Gasteiger partial charge in [-0.15, -0.1) is 11.8 Å². The number of allylic oxidation sites excluding steroid dienone is 1. The number of hydrogen-bond donors (Lipinski definition) is 1. The highest BCUT2D eigenvalue weighted by Crippen LogP contribution is 2.40. The average molecular weight is 497 g/mol. The van der Waals surface area contributed by atoms with Gasteiger partial charge >= 0.3 is 6.03 Å². The second kappa shape index (κ2) is 9.66. The number of urea groups is 1. The highest BCUT2D eigenvalue weighted by atomic mass is 32.2. The molecule has 4 aromatic rings. The minimum Gasteiger partial charge on any atom is -0.334 e. The Labute approximate surface area is 215 Å². The van der Waals surface area contributed by atoms with Crippen molar-refractivity contribution in [2.75, 3.05) is 11.2 Å². The van der Waals surface area contributed by atoms with Crippen LogP contribution in [0, 0.1) is 20.8 Å². The number of anilines is 1. The molecule has 1 atom stereocenters. The number of hydrogen-bond acceptors (Lipinski definition) is 5. The van der Waals surface area contributed by atoms with E-state index in [2.05, 4.69) is 36.5 Å². The highest BCUT2D eigenvalue weighted by molar-refractivity contribution is 7.98. The van der Waals surface area contributed by atoms with Gasteiger partial charge in [-0.2, -0.15) is 4.98 Å². The zero-order valence-electron chi connectivity index (χ0n) is 21.0. The largest absolute Gasteiger partial charge is 0.334 e. The first-order chi connectivity index (χ1) is 17.4. The Hall–Kier alpha value is -3.84. The van der Waals surface area contributed by atoms with Crippen LogP contribution in [0.2, 0.25) is 0 Å². The average Bonchev–Trinajstić information content (AvgIpc) is 3.35. The Bertz CT molecular complexity index is 1470. The molecule has 2 amide bonds. The topological polar surface area (TPSA) is 71.3 Å². The molecule has 3 aromatic carbocycles. The van der Waals surface area contributed by atoms with Gasteiger partial charge in [0.15, 0.2) is 0 Å². The maximum atomic E-state index is 13.5. The standard InChI is InChI=1S/C29H28N4O2S/c1-17-9-12-21(13-10-17)27-31-28(35-32-27)25-20(4)33(23-7-6-8-24(16-23)36-5)29(34)30-26(25)22-14-11-18(2)19(3)15-22/h6-16,26H,1-5H3,(H,30,34). The second-order valence-electron chi connectivity index (χ2n) is 9.05. The SMILES string of the molecule is CSc1cccc(N2C(=O)NC(c3ccc(C)c(C)c3)C(c3nc(-c4ccc(C)cc4)no3)=C2C)c1. The van der Waals surface area contributed by atoms with E-state index in [9.17, 15) is 4.79 Å². The molecule has 0 saturated carbocycles. The summed E-state index contributed by atoms with van der Waals surface area (Å²) in [6.45, 7) is 8.12. The Kier molecular flexibility index (Phi) is 6.41. The second-order valence-corrected chi connectivity index (χ2v) is 9.93. The van der Waals surface area contributed by atoms with Crippen LogP contribution >= 0.6 is 11.8 Å². The molecule has 0 aliphatic carbocycles. The van der Waals surface area contributed by atoms with Crippen LogP contribution in [0.5, 0.6) is 0 Å². The molecule has 0 spiro atoms. The molecule has 0 bridgehead atoms. The molecule has 2 heterocycles. The Morgan fingerprint density at radius 3 is 2.44 bits per heavy atom. The summed E-state index contributed by atoms with van der Waals surface area (Å²) in [6.07, 6.45) is 2.02. The third-order valence-electron chi connectivity index (χ3n) is 6.63. The maximum absolute atomic E-state index is 13.5. The molecule has 182 valence electrons. The van der Waals surface area contributed by atoms with Gasteiger partial charge < -0.3 is 9.84 Å². The number of amides is 2. The predicted octanol–water partition coefficient (Wildman–Crippen LogP) is 7.09. The Morgan fingerprint density at radius 2 is 1.72 bits per heavy atom. The number of rotatable bonds is 5. The van der Waals surface area contributed by atoms with Crippen LogP contribution < -0.4 is 10.2 Å². The molecule has 1 aliphatic heterocycles.